The first-order chi connectivity index (χ1) is 7.16. The van der Waals surface area contributed by atoms with E-state index in [0.717, 1.165) is 29.7 Å². The lowest BCUT2D eigenvalue weighted by Crippen LogP contribution is -2.37. The molecule has 2 saturated carbocycles. The van der Waals surface area contributed by atoms with E-state index in [1.165, 1.54) is 32.2 Å². The predicted molar refractivity (Wildman–Crippen MR) is 65.9 cm³/mol. The molecule has 2 rings (SSSR count). The van der Waals surface area contributed by atoms with Crippen LogP contribution < -0.4 is 5.32 Å². The average molecular weight is 209 g/mol. The van der Waals surface area contributed by atoms with Gasteiger partial charge in [0.1, 0.15) is 0 Å². The Balaban J connectivity index is 1.70. The van der Waals surface area contributed by atoms with Crippen LogP contribution in [0.5, 0.6) is 0 Å². The Labute approximate surface area is 95.0 Å². The Morgan fingerprint density at radius 2 is 1.93 bits per heavy atom. The molecule has 0 spiro atoms. The zero-order chi connectivity index (χ0) is 10.8. The molecule has 0 aromatic heterocycles. The van der Waals surface area contributed by atoms with Crippen molar-refractivity contribution in [2.75, 3.05) is 6.54 Å². The van der Waals surface area contributed by atoms with Crippen LogP contribution in [0.2, 0.25) is 0 Å². The summed E-state index contributed by atoms with van der Waals surface area (Å²) < 4.78 is 0. The Hall–Kier alpha value is -0.0400. The summed E-state index contributed by atoms with van der Waals surface area (Å²) in [6.45, 7) is 8.24. The molecule has 4 unspecified atom stereocenters. The molecular formula is C14H27N. The maximum atomic E-state index is 3.74. The highest BCUT2D eigenvalue weighted by atomic mass is 14.9. The molecule has 88 valence electrons. The fourth-order valence-electron chi connectivity index (χ4n) is 3.66. The topological polar surface area (TPSA) is 12.0 Å². The minimum Gasteiger partial charge on any atom is -0.314 e. The molecule has 1 N–H and O–H groups in total. The molecule has 0 aromatic carbocycles. The van der Waals surface area contributed by atoms with Crippen molar-refractivity contribution in [3.63, 3.8) is 0 Å². The van der Waals surface area contributed by atoms with Gasteiger partial charge < -0.3 is 5.32 Å². The Morgan fingerprint density at radius 3 is 2.47 bits per heavy atom. The minimum atomic E-state index is 0.763. The lowest BCUT2D eigenvalue weighted by Gasteiger charge is -2.28. The standard InChI is InChI=1S/C14H27N/c1-10(2)6-7-15-11(3)14-9-12-4-5-13(14)8-12/h10-15H,4-9H2,1-3H3. The molecule has 0 aliphatic heterocycles. The van der Waals surface area contributed by atoms with Crippen LogP contribution in [0.25, 0.3) is 0 Å². The van der Waals surface area contributed by atoms with Crippen LogP contribution in [0.4, 0.5) is 0 Å². The van der Waals surface area contributed by atoms with Gasteiger partial charge in [-0.15, -0.1) is 0 Å². The fraction of sp³-hybridized carbons (Fsp3) is 1.00. The number of fused-ring (bicyclic) bond motifs is 2. The summed E-state index contributed by atoms with van der Waals surface area (Å²) in [6, 6.07) is 0.763. The molecule has 15 heavy (non-hydrogen) atoms. The van der Waals surface area contributed by atoms with Crippen molar-refractivity contribution in [3.05, 3.63) is 0 Å². The summed E-state index contributed by atoms with van der Waals surface area (Å²) in [5, 5.41) is 3.74. The van der Waals surface area contributed by atoms with Crippen molar-refractivity contribution in [1.82, 2.24) is 5.32 Å². The smallest absolute Gasteiger partial charge is 0.00697 e. The highest BCUT2D eigenvalue weighted by Gasteiger charge is 2.41. The van der Waals surface area contributed by atoms with Crippen molar-refractivity contribution in [2.24, 2.45) is 23.7 Å². The van der Waals surface area contributed by atoms with Crippen molar-refractivity contribution in [3.8, 4) is 0 Å². The van der Waals surface area contributed by atoms with E-state index < -0.39 is 0 Å². The second-order valence-electron chi connectivity index (χ2n) is 6.26. The van der Waals surface area contributed by atoms with Crippen LogP contribution in [-0.4, -0.2) is 12.6 Å². The Morgan fingerprint density at radius 1 is 1.13 bits per heavy atom. The molecule has 0 amide bonds. The second-order valence-corrected chi connectivity index (χ2v) is 6.26. The molecule has 4 atom stereocenters. The van der Waals surface area contributed by atoms with Gasteiger partial charge in [0.15, 0.2) is 0 Å². The molecule has 2 fully saturated rings. The number of hydrogen-bond acceptors (Lipinski definition) is 1. The first kappa shape index (κ1) is 11.4. The minimum absolute atomic E-state index is 0.763. The fourth-order valence-corrected chi connectivity index (χ4v) is 3.66. The maximum absolute atomic E-state index is 3.74. The van der Waals surface area contributed by atoms with Crippen LogP contribution in [-0.2, 0) is 0 Å². The van der Waals surface area contributed by atoms with Gasteiger partial charge in [-0.3, -0.25) is 0 Å². The quantitative estimate of drug-likeness (QED) is 0.731. The summed E-state index contributed by atoms with van der Waals surface area (Å²) in [7, 11) is 0. The highest BCUT2D eigenvalue weighted by Crippen LogP contribution is 2.49. The van der Waals surface area contributed by atoms with E-state index in [-0.39, 0.29) is 0 Å². The summed E-state index contributed by atoms with van der Waals surface area (Å²) in [4.78, 5) is 0. The van der Waals surface area contributed by atoms with Gasteiger partial charge in [-0.2, -0.15) is 0 Å². The van der Waals surface area contributed by atoms with Crippen LogP contribution in [0.1, 0.15) is 52.9 Å². The lowest BCUT2D eigenvalue weighted by molar-refractivity contribution is 0.258. The molecule has 0 heterocycles. The van der Waals surface area contributed by atoms with Crippen molar-refractivity contribution < 1.29 is 0 Å². The van der Waals surface area contributed by atoms with Gasteiger partial charge in [-0.25, -0.2) is 0 Å². The molecule has 2 bridgehead atoms. The van der Waals surface area contributed by atoms with E-state index in [4.69, 9.17) is 0 Å². The maximum Gasteiger partial charge on any atom is 0.00697 e. The van der Waals surface area contributed by atoms with Gasteiger partial charge in [-0.1, -0.05) is 20.3 Å². The van der Waals surface area contributed by atoms with Crippen molar-refractivity contribution >= 4 is 0 Å². The molecule has 0 saturated heterocycles. The van der Waals surface area contributed by atoms with Gasteiger partial charge in [-0.05, 0) is 62.8 Å². The zero-order valence-corrected chi connectivity index (χ0v) is 10.6. The molecule has 2 aliphatic carbocycles. The number of hydrogen-bond donors (Lipinski definition) is 1. The molecule has 2 aliphatic rings. The van der Waals surface area contributed by atoms with Crippen molar-refractivity contribution in [1.29, 1.82) is 0 Å². The summed E-state index contributed by atoms with van der Waals surface area (Å²) in [5.74, 6) is 3.99. The summed E-state index contributed by atoms with van der Waals surface area (Å²) >= 11 is 0. The van der Waals surface area contributed by atoms with Gasteiger partial charge in [0.25, 0.3) is 0 Å². The van der Waals surface area contributed by atoms with Gasteiger partial charge in [0.2, 0.25) is 0 Å². The van der Waals surface area contributed by atoms with Crippen molar-refractivity contribution in [2.45, 2.75) is 58.9 Å². The monoisotopic (exact) mass is 209 g/mol. The number of rotatable bonds is 5. The lowest BCUT2D eigenvalue weighted by atomic mass is 9.84. The van der Waals surface area contributed by atoms with E-state index >= 15 is 0 Å². The van der Waals surface area contributed by atoms with Crippen LogP contribution >= 0.6 is 0 Å². The Kier molecular flexibility index (Phi) is 3.71. The highest BCUT2D eigenvalue weighted by molar-refractivity contribution is 4.93. The molecular weight excluding hydrogens is 182 g/mol. The van der Waals surface area contributed by atoms with E-state index in [9.17, 15) is 0 Å². The van der Waals surface area contributed by atoms with E-state index in [2.05, 4.69) is 26.1 Å². The molecule has 0 radical (unpaired) electrons. The largest absolute Gasteiger partial charge is 0.314 e. The van der Waals surface area contributed by atoms with E-state index in [1.807, 2.05) is 0 Å². The van der Waals surface area contributed by atoms with E-state index in [1.54, 1.807) is 6.42 Å². The third-order valence-corrected chi connectivity index (χ3v) is 4.62. The molecule has 0 aromatic rings. The van der Waals surface area contributed by atoms with Gasteiger partial charge >= 0.3 is 0 Å². The summed E-state index contributed by atoms with van der Waals surface area (Å²) in [5.41, 5.74) is 0. The van der Waals surface area contributed by atoms with Crippen LogP contribution in [0.15, 0.2) is 0 Å². The predicted octanol–water partition coefficient (Wildman–Crippen LogP) is 3.45. The van der Waals surface area contributed by atoms with Crippen LogP contribution in [0, 0.1) is 23.7 Å². The Bertz CT molecular complexity index is 200. The molecule has 1 nitrogen and oxygen atoms in total. The summed E-state index contributed by atoms with van der Waals surface area (Å²) in [6.07, 6.45) is 7.43. The van der Waals surface area contributed by atoms with E-state index in [0.29, 0.717) is 0 Å². The third-order valence-electron chi connectivity index (χ3n) is 4.62. The zero-order valence-electron chi connectivity index (χ0n) is 10.6. The first-order valence-electron chi connectivity index (χ1n) is 6.90. The van der Waals surface area contributed by atoms with Crippen LogP contribution in [0.3, 0.4) is 0 Å². The normalized spacial score (nSPS) is 36.4. The van der Waals surface area contributed by atoms with Gasteiger partial charge in [0, 0.05) is 6.04 Å². The van der Waals surface area contributed by atoms with Gasteiger partial charge in [0.05, 0.1) is 0 Å². The molecule has 1 heteroatoms. The number of nitrogens with one attached hydrogen (secondary N) is 1. The second kappa shape index (κ2) is 4.86. The first-order valence-corrected chi connectivity index (χ1v) is 6.90. The SMILES string of the molecule is CC(C)CCNC(C)C1CC2CCC1C2. The third kappa shape index (κ3) is 2.75. The average Bonchev–Trinajstić information content (AvgIpc) is 2.77.